The molecule has 0 radical (unpaired) electrons. The van der Waals surface area contributed by atoms with Crippen molar-refractivity contribution in [3.63, 3.8) is 0 Å². The molecule has 0 bridgehead atoms. The van der Waals surface area contributed by atoms with E-state index in [9.17, 15) is 8.42 Å². The van der Waals surface area contributed by atoms with Crippen molar-refractivity contribution in [1.82, 2.24) is 14.5 Å². The highest BCUT2D eigenvalue weighted by molar-refractivity contribution is 8.13. The smallest absolute Gasteiger partial charge is 0.280 e. The van der Waals surface area contributed by atoms with Crippen LogP contribution in [0.5, 0.6) is 0 Å². The van der Waals surface area contributed by atoms with Crippen LogP contribution < -0.4 is 0 Å². The van der Waals surface area contributed by atoms with E-state index in [0.717, 1.165) is 16.6 Å². The van der Waals surface area contributed by atoms with Crippen LogP contribution in [0.1, 0.15) is 11.5 Å². The molecule has 5 nitrogen and oxygen atoms in total. The molecule has 7 heteroatoms. The van der Waals surface area contributed by atoms with Gasteiger partial charge in [0.2, 0.25) is 0 Å². The third kappa shape index (κ3) is 2.91. The van der Waals surface area contributed by atoms with Crippen LogP contribution in [0, 0.1) is 6.92 Å². The van der Waals surface area contributed by atoms with Gasteiger partial charge in [0.15, 0.2) is 5.03 Å². The maximum atomic E-state index is 11.3. The lowest BCUT2D eigenvalue weighted by molar-refractivity contribution is 0.606. The van der Waals surface area contributed by atoms with E-state index in [4.69, 9.17) is 10.7 Å². The van der Waals surface area contributed by atoms with Crippen molar-refractivity contribution in [3.05, 3.63) is 54.1 Å². The number of aromatic nitrogens is 3. The van der Waals surface area contributed by atoms with Gasteiger partial charge in [-0.2, -0.15) is 0 Å². The quantitative estimate of drug-likeness (QED) is 0.696. The third-order valence-corrected chi connectivity index (χ3v) is 4.36. The Balaban J connectivity index is 1.97. The van der Waals surface area contributed by atoms with E-state index in [1.54, 1.807) is 11.5 Å². The minimum Gasteiger partial charge on any atom is -0.328 e. The molecule has 0 amide bonds. The number of para-hydroxylation sites is 1. The molecular weight excluding hydrogens is 310 g/mol. The van der Waals surface area contributed by atoms with E-state index >= 15 is 0 Å². The van der Waals surface area contributed by atoms with Crippen molar-refractivity contribution in [2.45, 2.75) is 18.5 Å². The first-order valence-corrected chi connectivity index (χ1v) is 8.57. The van der Waals surface area contributed by atoms with E-state index in [-0.39, 0.29) is 5.03 Å². The molecule has 0 saturated carbocycles. The molecule has 0 atom stereocenters. The number of aryl methyl sites for hydroxylation is 1. The van der Waals surface area contributed by atoms with Gasteiger partial charge < -0.3 is 4.57 Å². The van der Waals surface area contributed by atoms with Gasteiger partial charge in [-0.05, 0) is 19.1 Å². The van der Waals surface area contributed by atoms with Crippen LogP contribution in [0.25, 0.3) is 10.9 Å². The summed E-state index contributed by atoms with van der Waals surface area (Å²) in [6.07, 6.45) is 1.43. The molecule has 3 rings (SSSR count). The fourth-order valence-electron chi connectivity index (χ4n) is 2.13. The monoisotopic (exact) mass is 321 g/mol. The Morgan fingerprint density at radius 3 is 2.62 bits per heavy atom. The summed E-state index contributed by atoms with van der Waals surface area (Å²) in [5.74, 6) is 0.573. The lowest BCUT2D eigenvalue weighted by Gasteiger charge is -2.05. The lowest BCUT2D eigenvalue weighted by Crippen LogP contribution is -2.02. The van der Waals surface area contributed by atoms with E-state index in [2.05, 4.69) is 9.97 Å². The summed E-state index contributed by atoms with van der Waals surface area (Å²) in [4.78, 5) is 8.51. The SMILES string of the molecule is Cc1nc(S(=O)(=O)Cl)cn1Cc1ccc2ccccc2n1. The van der Waals surface area contributed by atoms with Gasteiger partial charge in [0, 0.05) is 22.3 Å². The number of fused-ring (bicyclic) bond motifs is 1. The van der Waals surface area contributed by atoms with Crippen molar-refractivity contribution in [3.8, 4) is 0 Å². The number of rotatable bonds is 3. The first-order valence-electron chi connectivity index (χ1n) is 6.26. The molecule has 108 valence electrons. The number of pyridine rings is 1. The van der Waals surface area contributed by atoms with E-state index in [0.29, 0.717) is 12.4 Å². The van der Waals surface area contributed by atoms with Gasteiger partial charge in [-0.25, -0.2) is 13.4 Å². The number of nitrogens with zero attached hydrogens (tertiary/aromatic N) is 3. The summed E-state index contributed by atoms with van der Waals surface area (Å²) in [5, 5.41) is 0.926. The van der Waals surface area contributed by atoms with Gasteiger partial charge in [0.1, 0.15) is 5.82 Å². The summed E-state index contributed by atoms with van der Waals surface area (Å²) in [6.45, 7) is 2.17. The molecular formula is C14H12ClN3O2S. The number of hydrogen-bond donors (Lipinski definition) is 0. The molecule has 0 aliphatic heterocycles. The Morgan fingerprint density at radius 2 is 1.90 bits per heavy atom. The topological polar surface area (TPSA) is 64.8 Å². The second-order valence-electron chi connectivity index (χ2n) is 4.69. The fourth-order valence-corrected chi connectivity index (χ4v) is 2.84. The molecule has 0 saturated heterocycles. The first-order chi connectivity index (χ1) is 9.93. The van der Waals surface area contributed by atoms with Crippen LogP contribution in [0.4, 0.5) is 0 Å². The Kier molecular flexibility index (Phi) is 3.43. The van der Waals surface area contributed by atoms with Crippen LogP contribution >= 0.6 is 10.7 Å². The average molecular weight is 322 g/mol. The summed E-state index contributed by atoms with van der Waals surface area (Å²) >= 11 is 0. The predicted octanol–water partition coefficient (Wildman–Crippen LogP) is 2.72. The van der Waals surface area contributed by atoms with Gasteiger partial charge in [0.25, 0.3) is 9.05 Å². The number of benzene rings is 1. The molecule has 3 aromatic rings. The van der Waals surface area contributed by atoms with Crippen LogP contribution in [0.3, 0.4) is 0 Å². The Hall–Kier alpha value is -1.92. The molecule has 0 unspecified atom stereocenters. The van der Waals surface area contributed by atoms with Crippen LogP contribution in [0.2, 0.25) is 0 Å². The van der Waals surface area contributed by atoms with Gasteiger partial charge >= 0.3 is 0 Å². The van der Waals surface area contributed by atoms with Gasteiger partial charge in [-0.1, -0.05) is 24.3 Å². The van der Waals surface area contributed by atoms with Gasteiger partial charge in [0.05, 0.1) is 17.8 Å². The molecule has 0 aliphatic carbocycles. The Labute approximate surface area is 126 Å². The number of hydrogen-bond acceptors (Lipinski definition) is 4. The number of imidazole rings is 1. The zero-order chi connectivity index (χ0) is 15.0. The maximum Gasteiger partial charge on any atom is 0.280 e. The maximum absolute atomic E-state index is 11.3. The van der Waals surface area contributed by atoms with Crippen molar-refractivity contribution in [1.29, 1.82) is 0 Å². The fraction of sp³-hybridized carbons (Fsp3) is 0.143. The molecule has 2 heterocycles. The molecule has 21 heavy (non-hydrogen) atoms. The zero-order valence-corrected chi connectivity index (χ0v) is 12.8. The molecule has 0 fully saturated rings. The number of halogens is 1. The Bertz CT molecular complexity index is 919. The highest BCUT2D eigenvalue weighted by Crippen LogP contribution is 2.16. The van der Waals surface area contributed by atoms with E-state index in [1.165, 1.54) is 6.20 Å². The summed E-state index contributed by atoms with van der Waals surface area (Å²) in [7, 11) is 1.49. The first kappa shape index (κ1) is 14.0. The highest BCUT2D eigenvalue weighted by atomic mass is 35.7. The second-order valence-corrected chi connectivity index (χ2v) is 7.20. The lowest BCUT2D eigenvalue weighted by atomic mass is 10.2. The van der Waals surface area contributed by atoms with Gasteiger partial charge in [-0.15, -0.1) is 0 Å². The van der Waals surface area contributed by atoms with E-state index in [1.807, 2.05) is 36.4 Å². The largest absolute Gasteiger partial charge is 0.328 e. The highest BCUT2D eigenvalue weighted by Gasteiger charge is 2.16. The normalized spacial score (nSPS) is 11.9. The average Bonchev–Trinajstić information content (AvgIpc) is 2.80. The van der Waals surface area contributed by atoms with Crippen molar-refractivity contribution in [2.24, 2.45) is 0 Å². The summed E-state index contributed by atoms with van der Waals surface area (Å²) in [6, 6.07) is 11.7. The Morgan fingerprint density at radius 1 is 1.14 bits per heavy atom. The standard InChI is InChI=1S/C14H12ClN3O2S/c1-10-16-14(21(15,19)20)9-18(10)8-12-7-6-11-4-2-3-5-13(11)17-12/h2-7,9H,8H2,1H3. The van der Waals surface area contributed by atoms with Crippen molar-refractivity contribution in [2.75, 3.05) is 0 Å². The molecule has 1 aromatic carbocycles. The molecule has 0 spiro atoms. The molecule has 0 N–H and O–H groups in total. The van der Waals surface area contributed by atoms with Crippen LogP contribution in [-0.4, -0.2) is 23.0 Å². The molecule has 2 aromatic heterocycles. The van der Waals surface area contributed by atoms with Crippen LogP contribution in [-0.2, 0) is 15.6 Å². The third-order valence-electron chi connectivity index (χ3n) is 3.19. The van der Waals surface area contributed by atoms with Gasteiger partial charge in [-0.3, -0.25) is 4.98 Å². The van der Waals surface area contributed by atoms with Crippen LogP contribution in [0.15, 0.2) is 47.6 Å². The van der Waals surface area contributed by atoms with Crippen molar-refractivity contribution >= 4 is 30.6 Å². The summed E-state index contributed by atoms with van der Waals surface area (Å²) < 4.78 is 24.3. The minimum atomic E-state index is -3.81. The zero-order valence-electron chi connectivity index (χ0n) is 11.2. The van der Waals surface area contributed by atoms with Crippen molar-refractivity contribution < 1.29 is 8.42 Å². The van der Waals surface area contributed by atoms with E-state index < -0.39 is 9.05 Å². The minimum absolute atomic E-state index is 0.137. The second kappa shape index (κ2) is 5.13. The predicted molar refractivity (Wildman–Crippen MR) is 80.8 cm³/mol. The summed E-state index contributed by atoms with van der Waals surface area (Å²) in [5.41, 5.74) is 1.73. The molecule has 0 aliphatic rings.